The van der Waals surface area contributed by atoms with Crippen molar-refractivity contribution < 1.29 is 18.4 Å². The third-order valence-corrected chi connectivity index (χ3v) is 8.00. The van der Waals surface area contributed by atoms with Crippen molar-refractivity contribution in [1.29, 1.82) is 0 Å². The van der Waals surface area contributed by atoms with E-state index < -0.39 is 6.17 Å². The Morgan fingerprint density at radius 3 is 2.94 bits per heavy atom. The molecular formula is C26H24FN5O3. The van der Waals surface area contributed by atoms with Crippen LogP contribution in [0.4, 0.5) is 10.1 Å². The van der Waals surface area contributed by atoms with E-state index >= 15 is 0 Å². The van der Waals surface area contributed by atoms with Crippen molar-refractivity contribution in [1.82, 2.24) is 19.5 Å². The molecule has 1 aliphatic heterocycles. The van der Waals surface area contributed by atoms with Gasteiger partial charge in [0.25, 0.3) is 5.91 Å². The molecule has 4 aromatic rings. The molecule has 4 unspecified atom stereocenters. The summed E-state index contributed by atoms with van der Waals surface area (Å²) in [6, 6.07) is 7.45. The van der Waals surface area contributed by atoms with Crippen molar-refractivity contribution in [2.75, 3.05) is 5.32 Å². The number of nitrogens with one attached hydrogen (secondary N) is 1. The Hall–Kier alpha value is -3.75. The van der Waals surface area contributed by atoms with Gasteiger partial charge in [0.05, 0.1) is 12.1 Å². The number of carbonyl (C=O) groups excluding carboxylic acids is 1. The summed E-state index contributed by atoms with van der Waals surface area (Å²) in [6.45, 7) is 6.38. The molecule has 1 aromatic carbocycles. The number of halogens is 1. The third-order valence-electron chi connectivity index (χ3n) is 8.00. The summed E-state index contributed by atoms with van der Waals surface area (Å²) in [5.41, 5.74) is 4.55. The molecule has 0 saturated heterocycles. The molecule has 2 fully saturated rings. The van der Waals surface area contributed by atoms with E-state index in [9.17, 15) is 9.18 Å². The lowest BCUT2D eigenvalue weighted by Gasteiger charge is -2.22. The molecule has 0 bridgehead atoms. The predicted octanol–water partition coefficient (Wildman–Crippen LogP) is 4.73. The largest absolute Gasteiger partial charge is 0.489 e. The number of hydrogen-bond acceptors (Lipinski definition) is 6. The number of pyridine rings is 1. The zero-order valence-corrected chi connectivity index (χ0v) is 19.6. The lowest BCUT2D eigenvalue weighted by atomic mass is 9.95. The second-order valence-corrected chi connectivity index (χ2v) is 10.3. The van der Waals surface area contributed by atoms with Crippen LogP contribution >= 0.6 is 0 Å². The predicted molar refractivity (Wildman–Crippen MR) is 125 cm³/mol. The van der Waals surface area contributed by atoms with Gasteiger partial charge in [-0.15, -0.1) is 0 Å². The summed E-state index contributed by atoms with van der Waals surface area (Å²) in [4.78, 5) is 22.1. The Kier molecular flexibility index (Phi) is 4.06. The molecule has 3 aromatic heterocycles. The van der Waals surface area contributed by atoms with Crippen molar-refractivity contribution >= 4 is 17.2 Å². The smallest absolute Gasteiger partial charge is 0.274 e. The first-order chi connectivity index (χ1) is 16.8. The van der Waals surface area contributed by atoms with Crippen LogP contribution in [0.5, 0.6) is 5.75 Å². The molecule has 2 saturated carbocycles. The fourth-order valence-corrected chi connectivity index (χ4v) is 5.25. The van der Waals surface area contributed by atoms with E-state index in [0.29, 0.717) is 46.6 Å². The van der Waals surface area contributed by atoms with Gasteiger partial charge in [-0.2, -0.15) is 4.98 Å². The number of fused-ring (bicyclic) bond motifs is 3. The van der Waals surface area contributed by atoms with Crippen LogP contribution in [0.2, 0.25) is 0 Å². The van der Waals surface area contributed by atoms with Crippen LogP contribution in [0.15, 0.2) is 41.2 Å². The molecular weight excluding hydrogens is 449 g/mol. The number of aromatic nitrogens is 4. The Labute approximate surface area is 200 Å². The Bertz CT molecular complexity index is 1530. The summed E-state index contributed by atoms with van der Waals surface area (Å²) >= 11 is 0. The minimum atomic E-state index is -0.907. The van der Waals surface area contributed by atoms with E-state index in [4.69, 9.17) is 9.26 Å². The van der Waals surface area contributed by atoms with Gasteiger partial charge in [-0.1, -0.05) is 31.1 Å². The first-order valence-corrected chi connectivity index (χ1v) is 11.9. The highest BCUT2D eigenvalue weighted by atomic mass is 19.1. The topological polar surface area (TPSA) is 94.6 Å². The summed E-state index contributed by atoms with van der Waals surface area (Å²) in [6.07, 6.45) is 4.23. The summed E-state index contributed by atoms with van der Waals surface area (Å²) in [5.74, 6) is 1.48. The lowest BCUT2D eigenvalue weighted by Crippen LogP contribution is -2.19. The van der Waals surface area contributed by atoms with Gasteiger partial charge in [0, 0.05) is 40.4 Å². The highest BCUT2D eigenvalue weighted by molar-refractivity contribution is 6.04. The fraction of sp³-hybridized carbons (Fsp3) is 0.385. The van der Waals surface area contributed by atoms with Crippen molar-refractivity contribution in [3.8, 4) is 17.1 Å². The first kappa shape index (κ1) is 20.6. The first-order valence-electron chi connectivity index (χ1n) is 11.9. The van der Waals surface area contributed by atoms with Crippen LogP contribution in [0, 0.1) is 18.3 Å². The van der Waals surface area contributed by atoms with Crippen LogP contribution in [-0.4, -0.2) is 37.7 Å². The minimum Gasteiger partial charge on any atom is -0.489 e. The second-order valence-electron chi connectivity index (χ2n) is 10.3. The highest BCUT2D eigenvalue weighted by Gasteiger charge is 2.62. The number of nitrogens with zero attached hydrogens (tertiary/aromatic N) is 4. The van der Waals surface area contributed by atoms with Gasteiger partial charge in [-0.25, -0.2) is 9.37 Å². The number of benzene rings is 1. The summed E-state index contributed by atoms with van der Waals surface area (Å²) in [5, 5.41) is 6.99. The average Bonchev–Trinajstić information content (AvgIpc) is 3.45. The SMILES string of the molecule is Cc1ccc(-c2noc(C3C[C@@H]3F)n2)cc1NC(=O)c1cnc2cc3c(cn12)CC1(C)C(C)C1O3. The van der Waals surface area contributed by atoms with Crippen molar-refractivity contribution in [2.24, 2.45) is 11.3 Å². The van der Waals surface area contributed by atoms with Crippen LogP contribution in [0.1, 0.15) is 53.7 Å². The van der Waals surface area contributed by atoms with Crippen LogP contribution in [-0.2, 0) is 6.42 Å². The second kappa shape index (κ2) is 6.90. The van der Waals surface area contributed by atoms with Gasteiger partial charge in [0.1, 0.15) is 29.4 Å². The monoisotopic (exact) mass is 473 g/mol. The van der Waals surface area contributed by atoms with Crippen molar-refractivity contribution in [2.45, 2.75) is 51.8 Å². The van der Waals surface area contributed by atoms with E-state index in [-0.39, 0.29) is 23.3 Å². The van der Waals surface area contributed by atoms with Crippen LogP contribution in [0.25, 0.3) is 17.0 Å². The van der Waals surface area contributed by atoms with E-state index in [1.807, 2.05) is 35.7 Å². The maximum atomic E-state index is 13.3. The van der Waals surface area contributed by atoms with E-state index in [0.717, 1.165) is 23.3 Å². The van der Waals surface area contributed by atoms with Gasteiger partial charge in [0.15, 0.2) is 0 Å². The fourth-order valence-electron chi connectivity index (χ4n) is 5.25. The van der Waals surface area contributed by atoms with Gasteiger partial charge in [0.2, 0.25) is 11.7 Å². The Balaban J connectivity index is 1.17. The standard InChI is InChI=1S/C26H24FN5O3/c1-12-4-5-14(23-30-25(35-31-23)16-7-17(16)27)6-18(12)29-24(33)19-10-28-21-8-20-15(11-32(19)21)9-26(3)13(2)22(26)34-20/h4-6,8,10-11,13,16-17,22H,7,9H2,1-3H3,(H,29,33)/t13?,16?,17-,22?,26?/m0/s1. The van der Waals surface area contributed by atoms with Crippen LogP contribution in [0.3, 0.4) is 0 Å². The van der Waals surface area contributed by atoms with E-state index in [1.165, 1.54) is 0 Å². The molecule has 4 heterocycles. The Morgan fingerprint density at radius 2 is 2.14 bits per heavy atom. The molecule has 5 atom stereocenters. The molecule has 8 nitrogen and oxygen atoms in total. The number of aryl methyl sites for hydroxylation is 1. The molecule has 1 N–H and O–H groups in total. The van der Waals surface area contributed by atoms with E-state index in [1.54, 1.807) is 12.3 Å². The number of carbonyl (C=O) groups is 1. The molecule has 0 spiro atoms. The lowest BCUT2D eigenvalue weighted by molar-refractivity contribution is 0.102. The normalized spacial score (nSPS) is 28.2. The van der Waals surface area contributed by atoms with Crippen molar-refractivity contribution in [3.63, 3.8) is 0 Å². The van der Waals surface area contributed by atoms with Gasteiger partial charge < -0.3 is 14.6 Å². The minimum absolute atomic E-state index is 0.154. The number of hydrogen-bond donors (Lipinski definition) is 1. The molecule has 1 amide bonds. The number of alkyl halides is 1. The van der Waals surface area contributed by atoms with E-state index in [2.05, 4.69) is 34.3 Å². The van der Waals surface area contributed by atoms with Gasteiger partial charge >= 0.3 is 0 Å². The Morgan fingerprint density at radius 1 is 1.31 bits per heavy atom. The van der Waals surface area contributed by atoms with Gasteiger partial charge in [-0.3, -0.25) is 9.20 Å². The van der Waals surface area contributed by atoms with Crippen LogP contribution < -0.4 is 10.1 Å². The molecule has 2 aliphatic carbocycles. The maximum Gasteiger partial charge on any atom is 0.274 e. The number of anilines is 1. The molecule has 3 aliphatic rings. The average molecular weight is 474 g/mol. The number of amides is 1. The summed E-state index contributed by atoms with van der Waals surface area (Å²) < 4.78 is 26.6. The molecule has 7 rings (SSSR count). The third kappa shape index (κ3) is 3.10. The zero-order valence-electron chi connectivity index (χ0n) is 19.6. The quantitative estimate of drug-likeness (QED) is 0.461. The molecule has 0 radical (unpaired) electrons. The number of imidazole rings is 1. The number of ether oxygens (including phenoxy) is 1. The van der Waals surface area contributed by atoms with Crippen molar-refractivity contribution in [3.05, 3.63) is 59.4 Å². The zero-order chi connectivity index (χ0) is 24.1. The molecule has 178 valence electrons. The number of rotatable bonds is 4. The highest BCUT2D eigenvalue weighted by Crippen LogP contribution is 2.59. The molecule has 9 heteroatoms. The molecule has 35 heavy (non-hydrogen) atoms. The maximum absolute atomic E-state index is 13.3. The summed E-state index contributed by atoms with van der Waals surface area (Å²) in [7, 11) is 0. The van der Waals surface area contributed by atoms with Gasteiger partial charge in [-0.05, 0) is 31.4 Å².